The van der Waals surface area contributed by atoms with Gasteiger partial charge in [-0.05, 0) is 39.3 Å². The SMILES string of the molecule is CNCCCC(=O)N1CCCCC1C(N)=O. The zero-order valence-electron chi connectivity index (χ0n) is 9.87. The largest absolute Gasteiger partial charge is 0.368 e. The van der Waals surface area contributed by atoms with Crippen LogP contribution in [0.15, 0.2) is 0 Å². The number of amides is 2. The molecule has 1 atom stereocenters. The lowest BCUT2D eigenvalue weighted by molar-refractivity contribution is -0.141. The third kappa shape index (κ3) is 3.48. The average molecular weight is 227 g/mol. The first-order valence-corrected chi connectivity index (χ1v) is 5.90. The first-order valence-electron chi connectivity index (χ1n) is 5.90. The van der Waals surface area contributed by atoms with Crippen LogP contribution >= 0.6 is 0 Å². The van der Waals surface area contributed by atoms with E-state index in [-0.39, 0.29) is 17.9 Å². The van der Waals surface area contributed by atoms with Crippen molar-refractivity contribution >= 4 is 11.8 Å². The lowest BCUT2D eigenvalue weighted by Gasteiger charge is -2.33. The van der Waals surface area contributed by atoms with Crippen molar-refractivity contribution in [2.45, 2.75) is 38.1 Å². The van der Waals surface area contributed by atoms with Gasteiger partial charge in [-0.2, -0.15) is 0 Å². The van der Waals surface area contributed by atoms with Crippen LogP contribution in [0.25, 0.3) is 0 Å². The molecule has 1 aliphatic rings. The molecule has 16 heavy (non-hydrogen) atoms. The normalized spacial score (nSPS) is 20.8. The van der Waals surface area contributed by atoms with Gasteiger partial charge in [-0.15, -0.1) is 0 Å². The highest BCUT2D eigenvalue weighted by Crippen LogP contribution is 2.17. The van der Waals surface area contributed by atoms with Crippen molar-refractivity contribution in [3.63, 3.8) is 0 Å². The molecule has 3 N–H and O–H groups in total. The second-order valence-electron chi connectivity index (χ2n) is 4.21. The zero-order valence-corrected chi connectivity index (χ0v) is 9.87. The smallest absolute Gasteiger partial charge is 0.240 e. The molecular weight excluding hydrogens is 206 g/mol. The number of nitrogens with zero attached hydrogens (tertiary/aromatic N) is 1. The van der Waals surface area contributed by atoms with Crippen LogP contribution in [0.2, 0.25) is 0 Å². The van der Waals surface area contributed by atoms with Crippen LogP contribution in [0.5, 0.6) is 0 Å². The molecule has 0 aromatic rings. The summed E-state index contributed by atoms with van der Waals surface area (Å²) in [4.78, 5) is 24.7. The van der Waals surface area contributed by atoms with Gasteiger partial charge in [-0.1, -0.05) is 0 Å². The molecule has 5 nitrogen and oxygen atoms in total. The first-order chi connectivity index (χ1) is 7.66. The van der Waals surface area contributed by atoms with E-state index in [9.17, 15) is 9.59 Å². The van der Waals surface area contributed by atoms with Crippen molar-refractivity contribution in [3.05, 3.63) is 0 Å². The van der Waals surface area contributed by atoms with Crippen LogP contribution in [-0.4, -0.2) is 42.9 Å². The molecular formula is C11H21N3O2. The second kappa shape index (κ2) is 6.48. The van der Waals surface area contributed by atoms with Crippen molar-refractivity contribution in [1.82, 2.24) is 10.2 Å². The maximum absolute atomic E-state index is 11.9. The van der Waals surface area contributed by atoms with Gasteiger partial charge in [0.15, 0.2) is 0 Å². The molecule has 0 bridgehead atoms. The van der Waals surface area contributed by atoms with E-state index < -0.39 is 0 Å². The van der Waals surface area contributed by atoms with Crippen molar-refractivity contribution in [2.75, 3.05) is 20.1 Å². The van der Waals surface area contributed by atoms with Crippen molar-refractivity contribution in [2.24, 2.45) is 5.73 Å². The highest BCUT2D eigenvalue weighted by Gasteiger charge is 2.29. The highest BCUT2D eigenvalue weighted by atomic mass is 16.2. The van der Waals surface area contributed by atoms with Gasteiger partial charge in [0, 0.05) is 13.0 Å². The summed E-state index contributed by atoms with van der Waals surface area (Å²) in [7, 11) is 1.86. The Balaban J connectivity index is 2.47. The summed E-state index contributed by atoms with van der Waals surface area (Å²) in [6, 6.07) is -0.379. The predicted octanol–water partition coefficient (Wildman–Crippen LogP) is -0.148. The summed E-state index contributed by atoms with van der Waals surface area (Å²) in [5.41, 5.74) is 5.31. The molecule has 0 aromatic heterocycles. The molecule has 0 radical (unpaired) electrons. The van der Waals surface area contributed by atoms with Crippen LogP contribution < -0.4 is 11.1 Å². The van der Waals surface area contributed by atoms with Crippen molar-refractivity contribution in [3.8, 4) is 0 Å². The fourth-order valence-electron chi connectivity index (χ4n) is 2.09. The molecule has 92 valence electrons. The highest BCUT2D eigenvalue weighted by molar-refractivity contribution is 5.86. The molecule has 0 saturated carbocycles. The molecule has 1 fully saturated rings. The molecule has 1 aliphatic heterocycles. The number of rotatable bonds is 5. The minimum atomic E-state index is -0.379. The van der Waals surface area contributed by atoms with Crippen molar-refractivity contribution < 1.29 is 9.59 Å². The van der Waals surface area contributed by atoms with Crippen LogP contribution in [0.1, 0.15) is 32.1 Å². The number of primary amides is 1. The van der Waals surface area contributed by atoms with Crippen LogP contribution in [-0.2, 0) is 9.59 Å². The fourth-order valence-corrected chi connectivity index (χ4v) is 2.09. The minimum Gasteiger partial charge on any atom is -0.368 e. The van der Waals surface area contributed by atoms with E-state index in [2.05, 4.69) is 5.32 Å². The summed E-state index contributed by atoms with van der Waals surface area (Å²) in [5.74, 6) is -0.319. The molecule has 1 unspecified atom stereocenters. The predicted molar refractivity (Wildman–Crippen MR) is 61.7 cm³/mol. The van der Waals surface area contributed by atoms with Gasteiger partial charge in [0.1, 0.15) is 6.04 Å². The third-order valence-electron chi connectivity index (χ3n) is 2.97. The third-order valence-corrected chi connectivity index (χ3v) is 2.97. The Morgan fingerprint density at radius 2 is 2.19 bits per heavy atom. The van der Waals surface area contributed by atoms with Gasteiger partial charge in [0.05, 0.1) is 0 Å². The zero-order chi connectivity index (χ0) is 12.0. The number of nitrogens with one attached hydrogen (secondary N) is 1. The van der Waals surface area contributed by atoms with Crippen LogP contribution in [0.3, 0.4) is 0 Å². The monoisotopic (exact) mass is 227 g/mol. The summed E-state index contributed by atoms with van der Waals surface area (Å²) in [6.07, 6.45) is 3.96. The fraction of sp³-hybridized carbons (Fsp3) is 0.818. The lowest BCUT2D eigenvalue weighted by atomic mass is 10.0. The molecule has 1 saturated heterocycles. The van der Waals surface area contributed by atoms with Crippen LogP contribution in [0.4, 0.5) is 0 Å². The van der Waals surface area contributed by atoms with Gasteiger partial charge < -0.3 is 16.0 Å². The summed E-state index contributed by atoms with van der Waals surface area (Å²) < 4.78 is 0. The van der Waals surface area contributed by atoms with E-state index in [4.69, 9.17) is 5.73 Å². The number of carbonyl (C=O) groups is 2. The molecule has 1 rings (SSSR count). The Morgan fingerprint density at radius 1 is 1.44 bits per heavy atom. The van der Waals surface area contributed by atoms with Crippen molar-refractivity contribution in [1.29, 1.82) is 0 Å². The van der Waals surface area contributed by atoms with Gasteiger partial charge in [0.25, 0.3) is 0 Å². The van der Waals surface area contributed by atoms with Gasteiger partial charge in [-0.3, -0.25) is 9.59 Å². The van der Waals surface area contributed by atoms with Gasteiger partial charge >= 0.3 is 0 Å². The summed E-state index contributed by atoms with van der Waals surface area (Å²) in [5, 5.41) is 3.00. The van der Waals surface area contributed by atoms with E-state index in [0.29, 0.717) is 19.4 Å². The Bertz CT molecular complexity index is 256. The maximum Gasteiger partial charge on any atom is 0.240 e. The Hall–Kier alpha value is -1.10. The quantitative estimate of drug-likeness (QED) is 0.641. The number of hydrogen-bond donors (Lipinski definition) is 2. The van der Waals surface area contributed by atoms with E-state index in [1.807, 2.05) is 7.05 Å². The molecule has 2 amide bonds. The maximum atomic E-state index is 11.9. The number of carbonyl (C=O) groups excluding carboxylic acids is 2. The van der Waals surface area contributed by atoms with Gasteiger partial charge in [0.2, 0.25) is 11.8 Å². The topological polar surface area (TPSA) is 75.4 Å². The number of likely N-dealkylation sites (tertiary alicyclic amines) is 1. The Kier molecular flexibility index (Phi) is 5.25. The number of piperidine rings is 1. The molecule has 0 aliphatic carbocycles. The molecule has 0 aromatic carbocycles. The van der Waals surface area contributed by atoms with Gasteiger partial charge in [-0.25, -0.2) is 0 Å². The minimum absolute atomic E-state index is 0.0544. The second-order valence-corrected chi connectivity index (χ2v) is 4.21. The summed E-state index contributed by atoms with van der Waals surface area (Å²) >= 11 is 0. The molecule has 0 spiro atoms. The molecule has 5 heteroatoms. The number of hydrogen-bond acceptors (Lipinski definition) is 3. The van der Waals surface area contributed by atoms with E-state index >= 15 is 0 Å². The summed E-state index contributed by atoms with van der Waals surface area (Å²) in [6.45, 7) is 1.49. The molecule has 1 heterocycles. The standard InChI is InChI=1S/C11H21N3O2/c1-13-7-4-6-10(15)14-8-3-2-5-9(14)11(12)16/h9,13H,2-8H2,1H3,(H2,12,16). The van der Waals surface area contributed by atoms with E-state index in [1.54, 1.807) is 4.90 Å². The van der Waals surface area contributed by atoms with Crippen LogP contribution in [0, 0.1) is 0 Å². The Labute approximate surface area is 96.4 Å². The first kappa shape index (κ1) is 13.0. The number of nitrogens with two attached hydrogens (primary N) is 1. The average Bonchev–Trinajstić information content (AvgIpc) is 2.29. The lowest BCUT2D eigenvalue weighted by Crippen LogP contribution is -2.50. The van der Waals surface area contributed by atoms with E-state index in [1.165, 1.54) is 0 Å². The Morgan fingerprint density at radius 3 is 2.81 bits per heavy atom. The van der Waals surface area contributed by atoms with E-state index in [0.717, 1.165) is 25.8 Å².